The number of alkyl halides is 1. The quantitative estimate of drug-likeness (QED) is 0.634. The van der Waals surface area contributed by atoms with Crippen LogP contribution in [-0.4, -0.2) is 24.6 Å². The van der Waals surface area contributed by atoms with Gasteiger partial charge in [-0.1, -0.05) is 18.9 Å². The average Bonchev–Trinajstić information content (AvgIpc) is 2.74. The molecule has 1 fully saturated rings. The molecule has 2 N–H and O–H groups in total. The maximum atomic E-state index is 11.6. The number of ether oxygens (including phenoxy) is 1. The van der Waals surface area contributed by atoms with Gasteiger partial charge in [0.2, 0.25) is 0 Å². The minimum atomic E-state index is -0.248. The highest BCUT2D eigenvalue weighted by Gasteiger charge is 2.13. The lowest BCUT2D eigenvalue weighted by Crippen LogP contribution is -2.30. The Labute approximate surface area is 131 Å². The first-order valence-electron chi connectivity index (χ1n) is 7.65. The van der Waals surface area contributed by atoms with Gasteiger partial charge in [0.1, 0.15) is 5.75 Å². The van der Waals surface area contributed by atoms with E-state index in [-0.39, 0.29) is 6.03 Å². The molecule has 0 aliphatic heterocycles. The molecule has 0 heterocycles. The first-order valence-corrected chi connectivity index (χ1v) is 8.19. The summed E-state index contributed by atoms with van der Waals surface area (Å²) in [4.78, 5) is 11.6. The number of carbonyl (C=O) groups is 1. The van der Waals surface area contributed by atoms with Gasteiger partial charge in [-0.05, 0) is 37.8 Å². The zero-order valence-electron chi connectivity index (χ0n) is 12.2. The largest absolute Gasteiger partial charge is 0.490 e. The number of anilines is 1. The summed E-state index contributed by atoms with van der Waals surface area (Å²) in [6.45, 7) is 0.450. The van der Waals surface area contributed by atoms with Gasteiger partial charge in [0, 0.05) is 24.2 Å². The predicted octanol–water partition coefficient (Wildman–Crippen LogP) is 4.15. The third-order valence-corrected chi connectivity index (χ3v) is 3.77. The molecule has 116 valence electrons. The predicted molar refractivity (Wildman–Crippen MR) is 86.3 cm³/mol. The summed E-state index contributed by atoms with van der Waals surface area (Å²) in [6, 6.07) is 7.30. The highest BCUT2D eigenvalue weighted by molar-refractivity contribution is 6.18. The first kappa shape index (κ1) is 16.0. The molecule has 1 aromatic carbocycles. The second kappa shape index (κ2) is 8.78. The fourth-order valence-corrected chi connectivity index (χ4v) is 2.63. The van der Waals surface area contributed by atoms with Crippen LogP contribution in [-0.2, 0) is 0 Å². The Balaban J connectivity index is 1.89. The molecule has 2 amide bonds. The average molecular weight is 311 g/mol. The molecule has 0 radical (unpaired) electrons. The molecule has 0 saturated heterocycles. The maximum Gasteiger partial charge on any atom is 0.319 e. The molecule has 1 aliphatic rings. The van der Waals surface area contributed by atoms with E-state index in [1.54, 1.807) is 0 Å². The van der Waals surface area contributed by atoms with Gasteiger partial charge in [-0.15, -0.1) is 11.6 Å². The molecule has 0 spiro atoms. The van der Waals surface area contributed by atoms with E-state index < -0.39 is 0 Å². The number of hydrogen-bond donors (Lipinski definition) is 2. The number of nitrogens with one attached hydrogen (secondary N) is 2. The fourth-order valence-electron chi connectivity index (χ4n) is 2.54. The van der Waals surface area contributed by atoms with Gasteiger partial charge in [-0.2, -0.15) is 0 Å². The van der Waals surface area contributed by atoms with Crippen LogP contribution < -0.4 is 15.4 Å². The molecule has 1 aliphatic carbocycles. The van der Waals surface area contributed by atoms with Gasteiger partial charge in [0.15, 0.2) is 0 Å². The van der Waals surface area contributed by atoms with Crippen LogP contribution in [0.25, 0.3) is 0 Å². The Kier molecular flexibility index (Phi) is 6.67. The summed E-state index contributed by atoms with van der Waals surface area (Å²) >= 11 is 5.53. The van der Waals surface area contributed by atoms with Crippen molar-refractivity contribution in [2.24, 2.45) is 0 Å². The molecule has 0 unspecified atom stereocenters. The molecule has 1 saturated carbocycles. The molecule has 2 rings (SSSR count). The zero-order chi connectivity index (χ0) is 14.9. The van der Waals surface area contributed by atoms with E-state index in [4.69, 9.17) is 16.3 Å². The Morgan fingerprint density at radius 3 is 2.71 bits per heavy atom. The summed E-state index contributed by atoms with van der Waals surface area (Å²) in [5.74, 6) is 1.22. The Bertz CT molecular complexity index is 446. The van der Waals surface area contributed by atoms with Gasteiger partial charge in [-0.25, -0.2) is 4.79 Å². The number of benzene rings is 1. The van der Waals surface area contributed by atoms with Crippen molar-refractivity contribution < 1.29 is 9.53 Å². The maximum absolute atomic E-state index is 11.6. The van der Waals surface area contributed by atoms with Gasteiger partial charge < -0.3 is 15.4 Å². The SMILES string of the molecule is O=C(NCCCl)Nc1cccc(OC2CCCCCC2)c1. The summed E-state index contributed by atoms with van der Waals surface area (Å²) in [7, 11) is 0. The van der Waals surface area contributed by atoms with Crippen molar-refractivity contribution in [3.63, 3.8) is 0 Å². The van der Waals surface area contributed by atoms with Crippen molar-refractivity contribution in [3.8, 4) is 5.75 Å². The van der Waals surface area contributed by atoms with Crippen molar-refractivity contribution in [1.29, 1.82) is 0 Å². The van der Waals surface area contributed by atoms with Crippen LogP contribution in [0, 0.1) is 0 Å². The standard InChI is InChI=1S/C16H23ClN2O2/c17-10-11-18-16(20)19-13-6-5-9-15(12-13)21-14-7-3-1-2-4-8-14/h5-6,9,12,14H,1-4,7-8,10-11H2,(H2,18,19,20). The number of hydrogen-bond acceptors (Lipinski definition) is 2. The van der Waals surface area contributed by atoms with Crippen LogP contribution in [0.15, 0.2) is 24.3 Å². The van der Waals surface area contributed by atoms with Crippen molar-refractivity contribution in [2.75, 3.05) is 17.7 Å². The Morgan fingerprint density at radius 2 is 2.00 bits per heavy atom. The zero-order valence-corrected chi connectivity index (χ0v) is 13.0. The lowest BCUT2D eigenvalue weighted by Gasteiger charge is -2.17. The molecule has 0 atom stereocenters. The lowest BCUT2D eigenvalue weighted by atomic mass is 10.1. The van der Waals surface area contributed by atoms with Crippen molar-refractivity contribution in [2.45, 2.75) is 44.6 Å². The molecule has 4 nitrogen and oxygen atoms in total. The number of halogens is 1. The van der Waals surface area contributed by atoms with Crippen LogP contribution in [0.2, 0.25) is 0 Å². The first-order chi connectivity index (χ1) is 10.3. The van der Waals surface area contributed by atoms with E-state index in [2.05, 4.69) is 10.6 Å². The van der Waals surface area contributed by atoms with Crippen molar-refractivity contribution in [3.05, 3.63) is 24.3 Å². The smallest absolute Gasteiger partial charge is 0.319 e. The van der Waals surface area contributed by atoms with Gasteiger partial charge in [0.25, 0.3) is 0 Å². The van der Waals surface area contributed by atoms with E-state index in [9.17, 15) is 4.79 Å². The summed E-state index contributed by atoms with van der Waals surface area (Å²) in [5.41, 5.74) is 0.730. The van der Waals surface area contributed by atoms with E-state index in [1.165, 1.54) is 25.7 Å². The van der Waals surface area contributed by atoms with Gasteiger partial charge in [-0.3, -0.25) is 0 Å². The normalized spacial score (nSPS) is 16.0. The van der Waals surface area contributed by atoms with E-state index in [0.29, 0.717) is 18.5 Å². The molecule has 1 aromatic rings. The van der Waals surface area contributed by atoms with Crippen molar-refractivity contribution >= 4 is 23.3 Å². The summed E-state index contributed by atoms with van der Waals surface area (Å²) in [6.07, 6.45) is 7.63. The van der Waals surface area contributed by atoms with E-state index >= 15 is 0 Å². The Morgan fingerprint density at radius 1 is 1.24 bits per heavy atom. The molecule has 21 heavy (non-hydrogen) atoms. The summed E-state index contributed by atoms with van der Waals surface area (Å²) < 4.78 is 6.05. The highest BCUT2D eigenvalue weighted by atomic mass is 35.5. The van der Waals surface area contributed by atoms with Gasteiger partial charge in [0.05, 0.1) is 6.10 Å². The number of urea groups is 1. The number of rotatable bonds is 5. The van der Waals surface area contributed by atoms with Crippen molar-refractivity contribution in [1.82, 2.24) is 5.32 Å². The topological polar surface area (TPSA) is 50.4 Å². The fraction of sp³-hybridized carbons (Fsp3) is 0.562. The molecular weight excluding hydrogens is 288 g/mol. The van der Waals surface area contributed by atoms with Crippen LogP contribution in [0.5, 0.6) is 5.75 Å². The van der Waals surface area contributed by atoms with Crippen LogP contribution >= 0.6 is 11.6 Å². The third kappa shape index (κ3) is 5.84. The van der Waals surface area contributed by atoms with Crippen LogP contribution in [0.4, 0.5) is 10.5 Å². The highest BCUT2D eigenvalue weighted by Crippen LogP contribution is 2.24. The third-order valence-electron chi connectivity index (χ3n) is 3.58. The van der Waals surface area contributed by atoms with Gasteiger partial charge >= 0.3 is 6.03 Å². The molecule has 5 heteroatoms. The minimum Gasteiger partial charge on any atom is -0.490 e. The molecule has 0 aromatic heterocycles. The number of amides is 2. The Hall–Kier alpha value is -1.42. The van der Waals surface area contributed by atoms with E-state index in [1.807, 2.05) is 24.3 Å². The van der Waals surface area contributed by atoms with Crippen LogP contribution in [0.1, 0.15) is 38.5 Å². The summed E-state index contributed by atoms with van der Waals surface area (Å²) in [5, 5.41) is 5.45. The number of carbonyl (C=O) groups excluding carboxylic acids is 1. The monoisotopic (exact) mass is 310 g/mol. The second-order valence-electron chi connectivity index (χ2n) is 5.33. The van der Waals surface area contributed by atoms with Crippen LogP contribution in [0.3, 0.4) is 0 Å². The lowest BCUT2D eigenvalue weighted by molar-refractivity contribution is 0.184. The second-order valence-corrected chi connectivity index (χ2v) is 5.71. The minimum absolute atomic E-state index is 0.248. The van der Waals surface area contributed by atoms with E-state index in [0.717, 1.165) is 24.3 Å². The molecule has 0 bridgehead atoms. The molecular formula is C16H23ClN2O2.